The monoisotopic (exact) mass is 407 g/mol. The second-order valence-corrected chi connectivity index (χ2v) is 7.40. The van der Waals surface area contributed by atoms with Crippen molar-refractivity contribution in [1.29, 1.82) is 0 Å². The lowest BCUT2D eigenvalue weighted by Crippen LogP contribution is -2.26. The molecule has 0 aliphatic carbocycles. The van der Waals surface area contributed by atoms with Gasteiger partial charge in [-0.15, -0.1) is 0 Å². The Kier molecular flexibility index (Phi) is 6.20. The van der Waals surface area contributed by atoms with Crippen LogP contribution in [0.2, 0.25) is 0 Å². The summed E-state index contributed by atoms with van der Waals surface area (Å²) in [5.41, 5.74) is 2.75. The van der Waals surface area contributed by atoms with Gasteiger partial charge in [0.05, 0.1) is 24.3 Å². The van der Waals surface area contributed by atoms with E-state index in [1.165, 1.54) is 0 Å². The first-order valence-corrected chi connectivity index (χ1v) is 9.75. The van der Waals surface area contributed by atoms with Crippen LogP contribution >= 0.6 is 0 Å². The minimum atomic E-state index is -1.00. The topological polar surface area (TPSA) is 93.3 Å². The van der Waals surface area contributed by atoms with Gasteiger partial charge in [0.1, 0.15) is 0 Å². The fourth-order valence-corrected chi connectivity index (χ4v) is 3.64. The molecule has 0 atom stereocenters. The molecule has 1 heterocycles. The Balaban J connectivity index is 1.94. The van der Waals surface area contributed by atoms with Gasteiger partial charge >= 0.3 is 5.97 Å². The highest BCUT2D eigenvalue weighted by Gasteiger charge is 2.22. The SMILES string of the molecule is CC(C)c1c(CNC(=O)c2ccccc2CC(=O)O)n(C)n(-c2ccccc2)c1=O. The van der Waals surface area contributed by atoms with Gasteiger partial charge in [-0.05, 0) is 29.7 Å². The highest BCUT2D eigenvalue weighted by molar-refractivity contribution is 5.96. The zero-order valence-electron chi connectivity index (χ0n) is 17.3. The van der Waals surface area contributed by atoms with Crippen LogP contribution < -0.4 is 10.9 Å². The van der Waals surface area contributed by atoms with Crippen LogP contribution in [0.25, 0.3) is 5.69 Å². The van der Waals surface area contributed by atoms with E-state index in [1.807, 2.05) is 44.2 Å². The number of amides is 1. The summed E-state index contributed by atoms with van der Waals surface area (Å²) in [5, 5.41) is 11.9. The zero-order valence-corrected chi connectivity index (χ0v) is 17.3. The van der Waals surface area contributed by atoms with Crippen molar-refractivity contribution in [2.24, 2.45) is 7.05 Å². The Morgan fingerprint density at radius 3 is 2.30 bits per heavy atom. The Hall–Kier alpha value is -3.61. The molecule has 7 nitrogen and oxygen atoms in total. The fourth-order valence-electron chi connectivity index (χ4n) is 3.64. The van der Waals surface area contributed by atoms with Crippen LogP contribution in [-0.4, -0.2) is 26.3 Å². The van der Waals surface area contributed by atoms with Crippen LogP contribution in [0.3, 0.4) is 0 Å². The average molecular weight is 407 g/mol. The van der Waals surface area contributed by atoms with Gasteiger partial charge in [0, 0.05) is 18.2 Å². The van der Waals surface area contributed by atoms with Crippen molar-refractivity contribution in [2.75, 3.05) is 0 Å². The lowest BCUT2D eigenvalue weighted by molar-refractivity contribution is -0.136. The molecule has 2 N–H and O–H groups in total. The zero-order chi connectivity index (χ0) is 21.8. The number of carbonyl (C=O) groups excluding carboxylic acids is 1. The summed E-state index contributed by atoms with van der Waals surface area (Å²) in [5.74, 6) is -1.40. The molecule has 0 aliphatic rings. The number of hydrogen-bond donors (Lipinski definition) is 2. The Morgan fingerprint density at radius 2 is 1.67 bits per heavy atom. The van der Waals surface area contributed by atoms with Crippen molar-refractivity contribution in [3.63, 3.8) is 0 Å². The first-order valence-electron chi connectivity index (χ1n) is 9.75. The van der Waals surface area contributed by atoms with E-state index in [2.05, 4.69) is 5.32 Å². The highest BCUT2D eigenvalue weighted by Crippen LogP contribution is 2.19. The molecule has 0 fully saturated rings. The summed E-state index contributed by atoms with van der Waals surface area (Å²) in [6.45, 7) is 4.04. The van der Waals surface area contributed by atoms with E-state index >= 15 is 0 Å². The molecular weight excluding hydrogens is 382 g/mol. The molecule has 30 heavy (non-hydrogen) atoms. The number of carboxylic acids is 1. The largest absolute Gasteiger partial charge is 0.481 e. The predicted octanol–water partition coefficient (Wildman–Crippen LogP) is 2.86. The number of para-hydroxylation sites is 1. The number of nitrogens with zero attached hydrogens (tertiary/aromatic N) is 2. The second-order valence-electron chi connectivity index (χ2n) is 7.40. The van der Waals surface area contributed by atoms with E-state index < -0.39 is 5.97 Å². The summed E-state index contributed by atoms with van der Waals surface area (Å²) in [6, 6.07) is 16.0. The normalized spacial score (nSPS) is 10.9. The van der Waals surface area contributed by atoms with Crippen LogP contribution in [0.4, 0.5) is 0 Å². The van der Waals surface area contributed by atoms with Crippen molar-refractivity contribution in [2.45, 2.75) is 32.7 Å². The Labute approximate surface area is 174 Å². The molecule has 0 unspecified atom stereocenters. The summed E-state index contributed by atoms with van der Waals surface area (Å²) in [6.07, 6.45) is -0.232. The van der Waals surface area contributed by atoms with E-state index in [4.69, 9.17) is 5.11 Å². The number of rotatable bonds is 7. The van der Waals surface area contributed by atoms with E-state index in [0.29, 0.717) is 22.4 Å². The van der Waals surface area contributed by atoms with Gasteiger partial charge in [0.2, 0.25) is 0 Å². The van der Waals surface area contributed by atoms with E-state index in [9.17, 15) is 14.4 Å². The Bertz CT molecular complexity index is 1130. The summed E-state index contributed by atoms with van der Waals surface area (Å²) in [7, 11) is 1.79. The molecule has 0 saturated heterocycles. The highest BCUT2D eigenvalue weighted by atomic mass is 16.4. The first-order chi connectivity index (χ1) is 14.3. The number of benzene rings is 2. The average Bonchev–Trinajstić information content (AvgIpc) is 2.96. The fraction of sp³-hybridized carbons (Fsp3) is 0.261. The standard InChI is InChI=1S/C23H25N3O4/c1-15(2)21-19(25(3)26(23(21)30)17-10-5-4-6-11-17)14-24-22(29)18-12-8-7-9-16(18)13-20(27)28/h4-12,15H,13-14H2,1-3H3,(H,24,29)(H,27,28). The third kappa shape index (κ3) is 4.20. The summed E-state index contributed by atoms with van der Waals surface area (Å²) >= 11 is 0. The van der Waals surface area contributed by atoms with Crippen molar-refractivity contribution in [3.05, 3.63) is 87.3 Å². The predicted molar refractivity (Wildman–Crippen MR) is 114 cm³/mol. The van der Waals surface area contributed by atoms with Gasteiger partial charge in [-0.1, -0.05) is 50.2 Å². The van der Waals surface area contributed by atoms with Gasteiger partial charge in [-0.2, -0.15) is 0 Å². The Morgan fingerprint density at radius 1 is 1.03 bits per heavy atom. The van der Waals surface area contributed by atoms with Gasteiger partial charge < -0.3 is 10.4 Å². The maximum Gasteiger partial charge on any atom is 0.307 e. The number of aliphatic carboxylic acids is 1. The van der Waals surface area contributed by atoms with Crippen molar-refractivity contribution in [3.8, 4) is 5.69 Å². The molecule has 2 aromatic carbocycles. The van der Waals surface area contributed by atoms with Gasteiger partial charge in [-0.3, -0.25) is 19.1 Å². The molecule has 0 bridgehead atoms. The summed E-state index contributed by atoms with van der Waals surface area (Å²) < 4.78 is 3.35. The van der Waals surface area contributed by atoms with E-state index in [-0.39, 0.29) is 30.3 Å². The molecule has 0 spiro atoms. The minimum Gasteiger partial charge on any atom is -0.481 e. The van der Waals surface area contributed by atoms with Gasteiger partial charge in [0.15, 0.2) is 0 Å². The molecule has 3 aromatic rings. The number of nitrogens with one attached hydrogen (secondary N) is 1. The lowest BCUT2D eigenvalue weighted by Gasteiger charge is -2.13. The molecule has 7 heteroatoms. The third-order valence-corrected chi connectivity index (χ3v) is 5.02. The lowest BCUT2D eigenvalue weighted by atomic mass is 10.0. The van der Waals surface area contributed by atoms with Gasteiger partial charge in [-0.25, -0.2) is 4.68 Å². The summed E-state index contributed by atoms with van der Waals surface area (Å²) in [4.78, 5) is 37.0. The van der Waals surface area contributed by atoms with Crippen LogP contribution in [0, 0.1) is 0 Å². The molecular formula is C23H25N3O4. The van der Waals surface area contributed by atoms with Crippen molar-refractivity contribution in [1.82, 2.24) is 14.7 Å². The van der Waals surface area contributed by atoms with Crippen LogP contribution in [0.5, 0.6) is 0 Å². The van der Waals surface area contributed by atoms with Crippen LogP contribution in [-0.2, 0) is 24.8 Å². The number of carboxylic acid groups (broad SMARTS) is 1. The van der Waals surface area contributed by atoms with E-state index in [0.717, 1.165) is 5.69 Å². The third-order valence-electron chi connectivity index (χ3n) is 5.02. The molecule has 0 radical (unpaired) electrons. The number of hydrogen-bond acceptors (Lipinski definition) is 3. The van der Waals surface area contributed by atoms with Crippen LogP contribution in [0.1, 0.15) is 46.9 Å². The number of aromatic nitrogens is 2. The molecule has 1 aromatic heterocycles. The quantitative estimate of drug-likeness (QED) is 0.630. The second kappa shape index (κ2) is 8.82. The minimum absolute atomic E-state index is 0.0279. The number of carbonyl (C=O) groups is 2. The first kappa shape index (κ1) is 21.1. The van der Waals surface area contributed by atoms with Crippen molar-refractivity contribution >= 4 is 11.9 Å². The van der Waals surface area contributed by atoms with Crippen molar-refractivity contribution < 1.29 is 14.7 Å². The maximum atomic E-state index is 13.1. The molecule has 3 rings (SSSR count). The molecule has 0 aliphatic heterocycles. The van der Waals surface area contributed by atoms with Crippen LogP contribution in [0.15, 0.2) is 59.4 Å². The molecule has 1 amide bonds. The molecule has 0 saturated carbocycles. The van der Waals surface area contributed by atoms with E-state index in [1.54, 1.807) is 40.7 Å². The van der Waals surface area contributed by atoms with Gasteiger partial charge in [0.25, 0.3) is 11.5 Å². The molecule has 156 valence electrons. The smallest absolute Gasteiger partial charge is 0.307 e. The maximum absolute atomic E-state index is 13.1.